The predicted octanol–water partition coefficient (Wildman–Crippen LogP) is 3.34. The zero-order valence-electron chi connectivity index (χ0n) is 16.1. The number of aliphatic hydroxyl groups excluding tert-OH is 1. The van der Waals surface area contributed by atoms with Gasteiger partial charge >= 0.3 is 0 Å². The van der Waals surface area contributed by atoms with Gasteiger partial charge in [0, 0.05) is 23.6 Å². The molecule has 0 atom stereocenters. The molecule has 2 aliphatic carbocycles. The molecule has 2 fully saturated rings. The van der Waals surface area contributed by atoms with Gasteiger partial charge in [-0.05, 0) is 76.5 Å². The molecule has 2 aromatic rings. The van der Waals surface area contributed by atoms with E-state index in [1.165, 1.54) is 0 Å². The van der Waals surface area contributed by atoms with Gasteiger partial charge in [0.05, 0.1) is 17.3 Å². The Hall–Kier alpha value is -1.92. The first-order valence-corrected chi connectivity index (χ1v) is 10.0. The lowest BCUT2D eigenvalue weighted by atomic mass is 9.86. The monoisotopic (exact) mass is 371 g/mol. The summed E-state index contributed by atoms with van der Waals surface area (Å²) in [5.41, 5.74) is 1.35. The first-order valence-electron chi connectivity index (χ1n) is 10.0. The maximum absolute atomic E-state index is 12.1. The summed E-state index contributed by atoms with van der Waals surface area (Å²) in [7, 11) is 0. The van der Waals surface area contributed by atoms with Crippen LogP contribution in [0, 0.1) is 11.8 Å². The summed E-state index contributed by atoms with van der Waals surface area (Å²) in [5.74, 6) is 0.605. The van der Waals surface area contributed by atoms with Gasteiger partial charge in [0.15, 0.2) is 0 Å². The van der Waals surface area contributed by atoms with Crippen LogP contribution in [-0.4, -0.2) is 32.5 Å². The van der Waals surface area contributed by atoms with Crippen LogP contribution in [0.1, 0.15) is 64.1 Å². The fraction of sp³-hybridized carbons (Fsp3) is 0.619. The Morgan fingerprint density at radius 2 is 1.93 bits per heavy atom. The van der Waals surface area contributed by atoms with Gasteiger partial charge in [-0.15, -0.1) is 0 Å². The third kappa shape index (κ3) is 3.73. The average Bonchev–Trinajstić information content (AvgIpc) is 3.41. The summed E-state index contributed by atoms with van der Waals surface area (Å²) in [6, 6.07) is 5.97. The van der Waals surface area contributed by atoms with Gasteiger partial charge in [0.25, 0.3) is 0 Å². The van der Waals surface area contributed by atoms with Gasteiger partial charge < -0.3 is 15.5 Å². The Bertz CT molecular complexity index is 840. The van der Waals surface area contributed by atoms with Crippen molar-refractivity contribution in [3.8, 4) is 0 Å². The fourth-order valence-electron chi connectivity index (χ4n) is 4.22. The van der Waals surface area contributed by atoms with E-state index in [1.54, 1.807) is 13.8 Å². The lowest BCUT2D eigenvalue weighted by Gasteiger charge is -2.31. The number of hydrogen-bond acceptors (Lipinski definition) is 4. The maximum atomic E-state index is 12.1. The standard InChI is InChI=1S/C21H29N3O3/c1-21(2,27)19-17-11-15(22-20(26)14-5-6-14)7-10-18(17)23-24(19)16-8-3-13(12-25)4-9-16/h7,10-11,13-14,16,25,27H,3-6,8-9,12H2,1-2H3,(H,22,26). The van der Waals surface area contributed by atoms with Gasteiger partial charge in [-0.2, -0.15) is 5.10 Å². The Balaban J connectivity index is 1.69. The fourth-order valence-corrected chi connectivity index (χ4v) is 4.22. The molecule has 1 aromatic heterocycles. The van der Waals surface area contributed by atoms with E-state index < -0.39 is 5.60 Å². The van der Waals surface area contributed by atoms with Gasteiger partial charge in [-0.3, -0.25) is 9.48 Å². The highest BCUT2D eigenvalue weighted by Gasteiger charge is 2.32. The third-order valence-electron chi connectivity index (χ3n) is 5.91. The second kappa shape index (κ2) is 6.91. The topological polar surface area (TPSA) is 87.4 Å². The molecule has 0 bridgehead atoms. The number of hydrogen-bond donors (Lipinski definition) is 3. The number of fused-ring (bicyclic) bond motifs is 1. The average molecular weight is 371 g/mol. The van der Waals surface area contributed by atoms with E-state index in [0.29, 0.717) is 5.92 Å². The number of nitrogens with one attached hydrogen (secondary N) is 1. The minimum atomic E-state index is -1.04. The molecule has 0 spiro atoms. The van der Waals surface area contributed by atoms with Crippen molar-refractivity contribution < 1.29 is 15.0 Å². The number of amides is 1. The van der Waals surface area contributed by atoms with Crippen LogP contribution >= 0.6 is 0 Å². The van der Waals surface area contributed by atoms with Crippen molar-refractivity contribution in [2.45, 2.75) is 64.0 Å². The molecule has 0 saturated heterocycles. The van der Waals surface area contributed by atoms with Crippen LogP contribution in [0.5, 0.6) is 0 Å². The number of carbonyl (C=O) groups excluding carboxylic acids is 1. The first-order chi connectivity index (χ1) is 12.9. The zero-order chi connectivity index (χ0) is 19.2. The van der Waals surface area contributed by atoms with Crippen molar-refractivity contribution in [1.29, 1.82) is 0 Å². The molecule has 146 valence electrons. The minimum absolute atomic E-state index is 0.0777. The largest absolute Gasteiger partial charge is 0.396 e. The van der Waals surface area contributed by atoms with Crippen molar-refractivity contribution >= 4 is 22.5 Å². The second-order valence-electron chi connectivity index (χ2n) is 8.70. The van der Waals surface area contributed by atoms with Gasteiger partial charge in [-0.25, -0.2) is 0 Å². The van der Waals surface area contributed by atoms with E-state index in [4.69, 9.17) is 5.10 Å². The van der Waals surface area contributed by atoms with Crippen molar-refractivity contribution in [3.05, 3.63) is 23.9 Å². The molecule has 2 saturated carbocycles. The zero-order valence-corrected chi connectivity index (χ0v) is 16.1. The van der Waals surface area contributed by atoms with E-state index in [1.807, 2.05) is 22.9 Å². The molecule has 6 heteroatoms. The van der Waals surface area contributed by atoms with Crippen LogP contribution in [0.15, 0.2) is 18.2 Å². The molecule has 1 heterocycles. The van der Waals surface area contributed by atoms with Crippen molar-refractivity contribution in [1.82, 2.24) is 9.78 Å². The molecule has 0 unspecified atom stereocenters. The van der Waals surface area contributed by atoms with Gasteiger partial charge in [-0.1, -0.05) is 0 Å². The van der Waals surface area contributed by atoms with Gasteiger partial charge in [0.2, 0.25) is 5.91 Å². The highest BCUT2D eigenvalue weighted by Crippen LogP contribution is 2.38. The quantitative estimate of drug-likeness (QED) is 0.752. The molecular formula is C21H29N3O3. The van der Waals surface area contributed by atoms with E-state index in [9.17, 15) is 15.0 Å². The summed E-state index contributed by atoms with van der Waals surface area (Å²) in [4.78, 5) is 12.1. The van der Waals surface area contributed by atoms with Crippen LogP contribution in [0.2, 0.25) is 0 Å². The number of aliphatic hydroxyl groups is 2. The SMILES string of the molecule is CC(C)(O)c1c2cc(NC(=O)C3CC3)ccc2nn1C1CCC(CO)CC1. The Labute approximate surface area is 159 Å². The summed E-state index contributed by atoms with van der Waals surface area (Å²) >= 11 is 0. The number of anilines is 1. The lowest BCUT2D eigenvalue weighted by molar-refractivity contribution is -0.117. The highest BCUT2D eigenvalue weighted by molar-refractivity contribution is 5.96. The number of rotatable bonds is 5. The highest BCUT2D eigenvalue weighted by atomic mass is 16.3. The second-order valence-corrected chi connectivity index (χ2v) is 8.70. The molecular weight excluding hydrogens is 342 g/mol. The molecule has 2 aliphatic rings. The molecule has 0 radical (unpaired) electrons. The van der Waals surface area contributed by atoms with E-state index in [-0.39, 0.29) is 24.5 Å². The van der Waals surface area contributed by atoms with E-state index in [2.05, 4.69) is 5.32 Å². The van der Waals surface area contributed by atoms with Crippen LogP contribution in [0.4, 0.5) is 5.69 Å². The number of benzene rings is 1. The predicted molar refractivity (Wildman–Crippen MR) is 104 cm³/mol. The number of nitrogens with zero attached hydrogens (tertiary/aromatic N) is 2. The summed E-state index contributed by atoms with van der Waals surface area (Å²) in [5, 5.41) is 28.9. The first kappa shape index (κ1) is 18.4. The van der Waals surface area contributed by atoms with E-state index in [0.717, 1.165) is 60.8 Å². The summed E-state index contributed by atoms with van der Waals surface area (Å²) in [6.45, 7) is 3.82. The maximum Gasteiger partial charge on any atom is 0.227 e. The molecule has 3 N–H and O–H groups in total. The molecule has 6 nitrogen and oxygen atoms in total. The third-order valence-corrected chi connectivity index (χ3v) is 5.91. The van der Waals surface area contributed by atoms with Gasteiger partial charge in [0.1, 0.15) is 5.60 Å². The smallest absolute Gasteiger partial charge is 0.227 e. The molecule has 1 amide bonds. The van der Waals surface area contributed by atoms with Crippen molar-refractivity contribution in [3.63, 3.8) is 0 Å². The van der Waals surface area contributed by atoms with Crippen LogP contribution in [0.3, 0.4) is 0 Å². The van der Waals surface area contributed by atoms with Crippen LogP contribution < -0.4 is 5.32 Å². The molecule has 1 aromatic carbocycles. The Morgan fingerprint density at radius 3 is 2.52 bits per heavy atom. The Morgan fingerprint density at radius 1 is 1.22 bits per heavy atom. The number of aromatic nitrogens is 2. The lowest BCUT2D eigenvalue weighted by Crippen LogP contribution is -2.27. The van der Waals surface area contributed by atoms with Crippen LogP contribution in [0.25, 0.3) is 10.9 Å². The molecule has 4 rings (SSSR count). The van der Waals surface area contributed by atoms with Crippen molar-refractivity contribution in [2.24, 2.45) is 11.8 Å². The number of carbonyl (C=O) groups is 1. The molecule has 27 heavy (non-hydrogen) atoms. The normalized spacial score (nSPS) is 23.6. The van der Waals surface area contributed by atoms with E-state index >= 15 is 0 Å². The summed E-state index contributed by atoms with van der Waals surface area (Å²) < 4.78 is 1.99. The summed E-state index contributed by atoms with van der Waals surface area (Å²) in [6.07, 6.45) is 5.80. The Kier molecular flexibility index (Phi) is 4.72. The van der Waals surface area contributed by atoms with Crippen molar-refractivity contribution in [2.75, 3.05) is 11.9 Å². The van der Waals surface area contributed by atoms with Crippen LogP contribution in [-0.2, 0) is 10.4 Å². The molecule has 0 aliphatic heterocycles. The minimum Gasteiger partial charge on any atom is -0.396 e.